The molecule has 9 heteroatoms. The summed E-state index contributed by atoms with van der Waals surface area (Å²) in [5.74, 6) is 1.51. The van der Waals surface area contributed by atoms with Crippen LogP contribution in [0.4, 0.5) is 0 Å². The zero-order valence-electron chi connectivity index (χ0n) is 17.7. The standard InChI is InChI=1S/C23H20N2O5S2/c1-27-16-9-7-14(8-10-16)21-25-18(13-32-21)23(26)30-11-15-12-31-22(24-15)17-5-4-6-19(28-2)20(17)29-3/h4-10,12-13H,11H2,1-3H3. The van der Waals surface area contributed by atoms with Crippen molar-refractivity contribution in [3.05, 3.63) is 64.6 Å². The van der Waals surface area contributed by atoms with Crippen LogP contribution < -0.4 is 14.2 Å². The smallest absolute Gasteiger partial charge is 0.358 e. The fourth-order valence-corrected chi connectivity index (χ4v) is 4.62. The van der Waals surface area contributed by atoms with Crippen LogP contribution in [-0.2, 0) is 11.3 Å². The second-order valence-corrected chi connectivity index (χ2v) is 8.24. The van der Waals surface area contributed by atoms with Gasteiger partial charge in [-0.05, 0) is 36.4 Å². The van der Waals surface area contributed by atoms with Gasteiger partial charge in [0.05, 0.1) is 32.6 Å². The predicted molar refractivity (Wildman–Crippen MR) is 124 cm³/mol. The summed E-state index contributed by atoms with van der Waals surface area (Å²) < 4.78 is 21.4. The number of nitrogens with zero attached hydrogens (tertiary/aromatic N) is 2. The second-order valence-electron chi connectivity index (χ2n) is 6.53. The number of hydrogen-bond donors (Lipinski definition) is 0. The third-order valence-corrected chi connectivity index (χ3v) is 6.40. The fraction of sp³-hybridized carbons (Fsp3) is 0.174. The highest BCUT2D eigenvalue weighted by Gasteiger charge is 2.17. The van der Waals surface area contributed by atoms with E-state index in [2.05, 4.69) is 9.97 Å². The number of hydrogen-bond acceptors (Lipinski definition) is 9. The number of benzene rings is 2. The van der Waals surface area contributed by atoms with Gasteiger partial charge in [-0.1, -0.05) is 6.07 Å². The molecular formula is C23H20N2O5S2. The summed E-state index contributed by atoms with van der Waals surface area (Å²) in [6.45, 7) is 0.0526. The molecule has 32 heavy (non-hydrogen) atoms. The topological polar surface area (TPSA) is 79.8 Å². The minimum absolute atomic E-state index is 0.0526. The Balaban J connectivity index is 1.42. The zero-order chi connectivity index (χ0) is 22.5. The molecule has 0 aliphatic heterocycles. The van der Waals surface area contributed by atoms with Gasteiger partial charge < -0.3 is 18.9 Å². The van der Waals surface area contributed by atoms with Crippen LogP contribution in [0.1, 0.15) is 16.2 Å². The molecule has 0 aliphatic rings. The summed E-state index contributed by atoms with van der Waals surface area (Å²) in [5.41, 5.74) is 2.64. The molecule has 0 unspecified atom stereocenters. The number of ether oxygens (including phenoxy) is 4. The zero-order valence-corrected chi connectivity index (χ0v) is 19.3. The van der Waals surface area contributed by atoms with Gasteiger partial charge in [-0.25, -0.2) is 14.8 Å². The Labute approximate surface area is 193 Å². The van der Waals surface area contributed by atoms with E-state index >= 15 is 0 Å². The van der Waals surface area contributed by atoms with Crippen molar-refractivity contribution in [2.45, 2.75) is 6.61 Å². The lowest BCUT2D eigenvalue weighted by atomic mass is 10.2. The first kappa shape index (κ1) is 21.8. The monoisotopic (exact) mass is 468 g/mol. The molecule has 0 fully saturated rings. The summed E-state index contributed by atoms with van der Waals surface area (Å²) in [6, 6.07) is 13.1. The number of carbonyl (C=O) groups excluding carboxylic acids is 1. The van der Waals surface area contributed by atoms with Crippen molar-refractivity contribution < 1.29 is 23.7 Å². The van der Waals surface area contributed by atoms with Crippen LogP contribution in [0.5, 0.6) is 17.2 Å². The van der Waals surface area contributed by atoms with Crippen molar-refractivity contribution in [2.75, 3.05) is 21.3 Å². The number of rotatable bonds is 8. The third-order valence-electron chi connectivity index (χ3n) is 4.59. The Hall–Kier alpha value is -3.43. The predicted octanol–water partition coefficient (Wildman–Crippen LogP) is 5.32. The van der Waals surface area contributed by atoms with Crippen molar-refractivity contribution in [1.82, 2.24) is 9.97 Å². The van der Waals surface area contributed by atoms with Gasteiger partial charge in [0.25, 0.3) is 0 Å². The molecule has 0 saturated heterocycles. The highest BCUT2D eigenvalue weighted by molar-refractivity contribution is 7.13. The molecule has 0 saturated carbocycles. The van der Waals surface area contributed by atoms with Crippen LogP contribution in [0, 0.1) is 0 Å². The van der Waals surface area contributed by atoms with Gasteiger partial charge in [0.1, 0.15) is 22.4 Å². The van der Waals surface area contributed by atoms with Gasteiger partial charge in [0.2, 0.25) is 0 Å². The Bertz CT molecular complexity index is 1220. The van der Waals surface area contributed by atoms with Gasteiger partial charge in [-0.2, -0.15) is 0 Å². The van der Waals surface area contributed by atoms with Crippen molar-refractivity contribution in [1.29, 1.82) is 0 Å². The van der Waals surface area contributed by atoms with Crippen LogP contribution >= 0.6 is 22.7 Å². The molecule has 7 nitrogen and oxygen atoms in total. The lowest BCUT2D eigenvalue weighted by Gasteiger charge is -2.10. The first-order valence-electron chi connectivity index (χ1n) is 9.55. The highest BCUT2D eigenvalue weighted by Crippen LogP contribution is 2.39. The van der Waals surface area contributed by atoms with Gasteiger partial charge in [0.15, 0.2) is 17.2 Å². The molecule has 0 spiro atoms. The van der Waals surface area contributed by atoms with Crippen LogP contribution in [0.25, 0.3) is 21.1 Å². The molecule has 4 rings (SSSR count). The van der Waals surface area contributed by atoms with E-state index in [0.29, 0.717) is 17.2 Å². The number of methoxy groups -OCH3 is 3. The maximum Gasteiger partial charge on any atom is 0.358 e. The van der Waals surface area contributed by atoms with Crippen LogP contribution in [0.2, 0.25) is 0 Å². The molecule has 2 aromatic carbocycles. The molecule has 2 heterocycles. The molecule has 0 N–H and O–H groups in total. The molecule has 0 radical (unpaired) electrons. The first-order chi connectivity index (χ1) is 15.6. The number of carbonyl (C=O) groups is 1. The summed E-state index contributed by atoms with van der Waals surface area (Å²) >= 11 is 2.82. The summed E-state index contributed by atoms with van der Waals surface area (Å²) in [7, 11) is 4.80. The van der Waals surface area contributed by atoms with Crippen LogP contribution in [0.3, 0.4) is 0 Å². The minimum Gasteiger partial charge on any atom is -0.497 e. The molecule has 2 aromatic heterocycles. The van der Waals surface area contributed by atoms with E-state index in [1.54, 1.807) is 26.7 Å². The van der Waals surface area contributed by atoms with Crippen molar-refractivity contribution in [3.63, 3.8) is 0 Å². The largest absolute Gasteiger partial charge is 0.497 e. The van der Waals surface area contributed by atoms with Crippen molar-refractivity contribution in [3.8, 4) is 38.4 Å². The van der Waals surface area contributed by atoms with E-state index in [-0.39, 0.29) is 12.3 Å². The summed E-state index contributed by atoms with van der Waals surface area (Å²) in [5, 5.41) is 5.03. The SMILES string of the molecule is COc1ccc(-c2nc(C(=O)OCc3csc(-c4cccc(OC)c4OC)n3)cs2)cc1. The van der Waals surface area contributed by atoms with E-state index in [0.717, 1.165) is 26.9 Å². The van der Waals surface area contributed by atoms with Crippen molar-refractivity contribution in [2.24, 2.45) is 0 Å². The Kier molecular flexibility index (Phi) is 6.67. The summed E-state index contributed by atoms with van der Waals surface area (Å²) in [6.07, 6.45) is 0. The quantitative estimate of drug-likeness (QED) is 0.324. The maximum atomic E-state index is 12.5. The second kappa shape index (κ2) is 9.80. The molecule has 0 aliphatic carbocycles. The molecular weight excluding hydrogens is 448 g/mol. The highest BCUT2D eigenvalue weighted by atomic mass is 32.1. The van der Waals surface area contributed by atoms with Crippen LogP contribution in [-0.4, -0.2) is 37.3 Å². The number of para-hydroxylation sites is 1. The third kappa shape index (κ3) is 4.58. The maximum absolute atomic E-state index is 12.5. The number of aromatic nitrogens is 2. The molecule has 164 valence electrons. The van der Waals surface area contributed by atoms with Gasteiger partial charge in [-0.3, -0.25) is 0 Å². The minimum atomic E-state index is -0.491. The first-order valence-corrected chi connectivity index (χ1v) is 11.3. The van der Waals surface area contributed by atoms with Gasteiger partial charge in [-0.15, -0.1) is 22.7 Å². The normalized spacial score (nSPS) is 10.6. The number of thiazole rings is 2. The van der Waals surface area contributed by atoms with E-state index in [1.807, 2.05) is 47.8 Å². The average Bonchev–Trinajstić information content (AvgIpc) is 3.52. The van der Waals surface area contributed by atoms with Gasteiger partial charge >= 0.3 is 5.97 Å². The van der Waals surface area contributed by atoms with E-state index < -0.39 is 5.97 Å². The van der Waals surface area contributed by atoms with E-state index in [4.69, 9.17) is 18.9 Å². The lowest BCUT2D eigenvalue weighted by molar-refractivity contribution is 0.0462. The van der Waals surface area contributed by atoms with Crippen molar-refractivity contribution >= 4 is 28.6 Å². The fourth-order valence-electron chi connectivity index (χ4n) is 3.00. The summed E-state index contributed by atoms with van der Waals surface area (Å²) in [4.78, 5) is 21.4. The molecule has 4 aromatic rings. The number of esters is 1. The van der Waals surface area contributed by atoms with Crippen LogP contribution in [0.15, 0.2) is 53.2 Å². The molecule has 0 amide bonds. The molecule has 0 atom stereocenters. The Morgan fingerprint density at radius 1 is 0.875 bits per heavy atom. The lowest BCUT2D eigenvalue weighted by Crippen LogP contribution is -2.06. The average molecular weight is 469 g/mol. The Morgan fingerprint density at radius 3 is 2.38 bits per heavy atom. The van der Waals surface area contributed by atoms with Gasteiger partial charge in [0, 0.05) is 16.3 Å². The van der Waals surface area contributed by atoms with E-state index in [1.165, 1.54) is 22.7 Å². The Morgan fingerprint density at radius 2 is 1.66 bits per heavy atom. The molecule has 0 bridgehead atoms. The van der Waals surface area contributed by atoms with E-state index in [9.17, 15) is 4.79 Å².